The maximum Gasteiger partial charge on any atom is 0.326 e. The SMILES string of the molecule is CCc1ccccc1N(CC(=O)OC)S(=O)(=O)c1ccc(OC)c(OC)c1. The number of carbonyl (C=O) groups excluding carboxylic acids is 1. The zero-order chi connectivity index (χ0) is 20.0. The van der Waals surface area contributed by atoms with Crippen LogP contribution in [0.25, 0.3) is 0 Å². The predicted molar refractivity (Wildman–Crippen MR) is 102 cm³/mol. The summed E-state index contributed by atoms with van der Waals surface area (Å²) in [6.45, 7) is 1.47. The second kappa shape index (κ2) is 8.77. The molecule has 2 aromatic rings. The van der Waals surface area contributed by atoms with Gasteiger partial charge in [0.25, 0.3) is 10.0 Å². The molecule has 0 spiro atoms. The van der Waals surface area contributed by atoms with Crippen molar-refractivity contribution in [1.29, 1.82) is 0 Å². The fourth-order valence-corrected chi connectivity index (χ4v) is 4.10. The van der Waals surface area contributed by atoms with Gasteiger partial charge in [0.2, 0.25) is 0 Å². The molecule has 0 radical (unpaired) electrons. The van der Waals surface area contributed by atoms with Gasteiger partial charge in [-0.3, -0.25) is 9.10 Å². The number of hydrogen-bond acceptors (Lipinski definition) is 6. The van der Waals surface area contributed by atoms with E-state index in [4.69, 9.17) is 14.2 Å². The Hall–Kier alpha value is -2.74. The van der Waals surface area contributed by atoms with E-state index in [-0.39, 0.29) is 10.6 Å². The Kier molecular flexibility index (Phi) is 6.68. The van der Waals surface area contributed by atoms with Crippen LogP contribution in [-0.2, 0) is 26.0 Å². The smallest absolute Gasteiger partial charge is 0.326 e. The number of ether oxygens (including phenoxy) is 3. The van der Waals surface area contributed by atoms with E-state index in [1.54, 1.807) is 12.1 Å². The highest BCUT2D eigenvalue weighted by atomic mass is 32.2. The molecular formula is C19H23NO6S. The summed E-state index contributed by atoms with van der Waals surface area (Å²) in [4.78, 5) is 11.9. The number of hydrogen-bond donors (Lipinski definition) is 0. The summed E-state index contributed by atoms with van der Waals surface area (Å²) in [5.41, 5.74) is 1.23. The predicted octanol–water partition coefficient (Wildman–Crippen LogP) is 2.63. The molecule has 0 N–H and O–H groups in total. The maximum absolute atomic E-state index is 13.3. The fraction of sp³-hybridized carbons (Fsp3) is 0.316. The first kappa shape index (κ1) is 20.6. The standard InChI is InChI=1S/C19H23NO6S/c1-5-14-8-6-7-9-16(14)20(13-19(21)26-4)27(22,23)15-10-11-17(24-2)18(12-15)25-3/h6-12H,5,13H2,1-4H3. The van der Waals surface area contributed by atoms with Crippen LogP contribution >= 0.6 is 0 Å². The van der Waals surface area contributed by atoms with Gasteiger partial charge in [0.15, 0.2) is 11.5 Å². The third-order valence-electron chi connectivity index (χ3n) is 4.08. The van der Waals surface area contributed by atoms with Crippen molar-refractivity contribution in [2.24, 2.45) is 0 Å². The lowest BCUT2D eigenvalue weighted by Gasteiger charge is -2.25. The molecule has 0 aliphatic heterocycles. The number of carbonyl (C=O) groups is 1. The van der Waals surface area contributed by atoms with Gasteiger partial charge in [0, 0.05) is 6.07 Å². The molecule has 27 heavy (non-hydrogen) atoms. The molecule has 0 atom stereocenters. The van der Waals surface area contributed by atoms with Crippen molar-refractivity contribution in [1.82, 2.24) is 0 Å². The first-order chi connectivity index (χ1) is 12.9. The van der Waals surface area contributed by atoms with Gasteiger partial charge in [-0.15, -0.1) is 0 Å². The lowest BCUT2D eigenvalue weighted by molar-refractivity contribution is -0.138. The van der Waals surface area contributed by atoms with Crippen LogP contribution in [0.5, 0.6) is 11.5 Å². The van der Waals surface area contributed by atoms with E-state index in [9.17, 15) is 13.2 Å². The van der Waals surface area contributed by atoms with Crippen LogP contribution in [0.2, 0.25) is 0 Å². The molecule has 146 valence electrons. The molecule has 0 saturated carbocycles. The molecule has 0 aromatic heterocycles. The minimum atomic E-state index is -4.05. The summed E-state index contributed by atoms with van der Waals surface area (Å²) in [5.74, 6) is 0.0234. The third-order valence-corrected chi connectivity index (χ3v) is 5.84. The number of rotatable bonds is 8. The average molecular weight is 393 g/mol. The Bertz CT molecular complexity index is 910. The van der Waals surface area contributed by atoms with Crippen molar-refractivity contribution in [3.8, 4) is 11.5 Å². The summed E-state index contributed by atoms with van der Waals surface area (Å²) < 4.78 is 42.8. The topological polar surface area (TPSA) is 82.1 Å². The second-order valence-corrected chi connectivity index (χ2v) is 7.45. The molecule has 8 heteroatoms. The Morgan fingerprint density at radius 3 is 2.26 bits per heavy atom. The summed E-state index contributed by atoms with van der Waals surface area (Å²) in [6, 6.07) is 11.3. The minimum Gasteiger partial charge on any atom is -0.493 e. The number of methoxy groups -OCH3 is 3. The van der Waals surface area contributed by atoms with Crippen LogP contribution in [-0.4, -0.2) is 42.3 Å². The van der Waals surface area contributed by atoms with E-state index in [0.29, 0.717) is 17.9 Å². The molecule has 0 unspecified atom stereocenters. The van der Waals surface area contributed by atoms with Crippen molar-refractivity contribution in [3.05, 3.63) is 48.0 Å². The molecule has 0 aliphatic rings. The van der Waals surface area contributed by atoms with Crippen molar-refractivity contribution >= 4 is 21.7 Å². The largest absolute Gasteiger partial charge is 0.493 e. The molecule has 2 aromatic carbocycles. The minimum absolute atomic E-state index is 0.0186. The van der Waals surface area contributed by atoms with E-state index < -0.39 is 22.5 Å². The van der Waals surface area contributed by atoms with Gasteiger partial charge >= 0.3 is 5.97 Å². The van der Waals surface area contributed by atoms with Gasteiger partial charge < -0.3 is 14.2 Å². The van der Waals surface area contributed by atoms with Crippen molar-refractivity contribution in [2.45, 2.75) is 18.2 Å². The van der Waals surface area contributed by atoms with Crippen molar-refractivity contribution in [3.63, 3.8) is 0 Å². The Labute approximate surface area is 159 Å². The molecule has 0 bridgehead atoms. The highest BCUT2D eigenvalue weighted by molar-refractivity contribution is 7.92. The van der Waals surface area contributed by atoms with Gasteiger partial charge in [-0.1, -0.05) is 25.1 Å². The van der Waals surface area contributed by atoms with Crippen LogP contribution in [0.3, 0.4) is 0 Å². The zero-order valence-electron chi connectivity index (χ0n) is 15.8. The second-order valence-electron chi connectivity index (χ2n) is 5.59. The summed E-state index contributed by atoms with van der Waals surface area (Å²) in [5, 5.41) is 0. The number of esters is 1. The summed E-state index contributed by atoms with van der Waals surface area (Å²) in [7, 11) is 0.0538. The van der Waals surface area contributed by atoms with Gasteiger partial charge in [-0.2, -0.15) is 0 Å². The van der Waals surface area contributed by atoms with E-state index in [0.717, 1.165) is 9.87 Å². The van der Waals surface area contributed by atoms with Crippen LogP contribution in [0.4, 0.5) is 5.69 Å². The summed E-state index contributed by atoms with van der Waals surface area (Å²) >= 11 is 0. The monoisotopic (exact) mass is 393 g/mol. The highest BCUT2D eigenvalue weighted by Crippen LogP contribution is 2.33. The molecule has 0 amide bonds. The quantitative estimate of drug-likeness (QED) is 0.641. The van der Waals surface area contributed by atoms with Crippen LogP contribution in [0.15, 0.2) is 47.4 Å². The van der Waals surface area contributed by atoms with Crippen LogP contribution in [0, 0.1) is 0 Å². The van der Waals surface area contributed by atoms with Gasteiger partial charge in [0.05, 0.1) is 31.9 Å². The number of para-hydroxylation sites is 1. The number of anilines is 1. The molecule has 7 nitrogen and oxygen atoms in total. The van der Waals surface area contributed by atoms with Crippen molar-refractivity contribution < 1.29 is 27.4 Å². The van der Waals surface area contributed by atoms with Gasteiger partial charge in [-0.05, 0) is 30.2 Å². The third kappa shape index (κ3) is 4.33. The Morgan fingerprint density at radius 2 is 1.67 bits per heavy atom. The lowest BCUT2D eigenvalue weighted by Crippen LogP contribution is -2.37. The van der Waals surface area contributed by atoms with Crippen LogP contribution < -0.4 is 13.8 Å². The van der Waals surface area contributed by atoms with E-state index in [1.165, 1.54) is 39.5 Å². The molecule has 0 fully saturated rings. The van der Waals surface area contributed by atoms with E-state index >= 15 is 0 Å². The average Bonchev–Trinajstić information content (AvgIpc) is 2.70. The number of nitrogens with zero attached hydrogens (tertiary/aromatic N) is 1. The lowest BCUT2D eigenvalue weighted by atomic mass is 10.1. The van der Waals surface area contributed by atoms with Crippen molar-refractivity contribution in [2.75, 3.05) is 32.2 Å². The normalized spacial score (nSPS) is 11.0. The Morgan fingerprint density at radius 1 is 1.00 bits per heavy atom. The first-order valence-electron chi connectivity index (χ1n) is 8.28. The molecule has 0 heterocycles. The number of sulfonamides is 1. The first-order valence-corrected chi connectivity index (χ1v) is 9.72. The molecule has 2 rings (SSSR count). The molecular weight excluding hydrogens is 370 g/mol. The van der Waals surface area contributed by atoms with E-state index in [2.05, 4.69) is 0 Å². The fourth-order valence-electron chi connectivity index (χ4n) is 2.64. The van der Waals surface area contributed by atoms with Crippen LogP contribution in [0.1, 0.15) is 12.5 Å². The van der Waals surface area contributed by atoms with Gasteiger partial charge in [0.1, 0.15) is 6.54 Å². The number of benzene rings is 2. The van der Waals surface area contributed by atoms with E-state index in [1.807, 2.05) is 19.1 Å². The number of aryl methyl sites for hydroxylation is 1. The maximum atomic E-state index is 13.3. The zero-order valence-corrected chi connectivity index (χ0v) is 16.6. The Balaban J connectivity index is 2.62. The van der Waals surface area contributed by atoms with Gasteiger partial charge in [-0.25, -0.2) is 8.42 Å². The summed E-state index contributed by atoms with van der Waals surface area (Å²) in [6.07, 6.45) is 0.606. The molecule has 0 saturated heterocycles. The molecule has 0 aliphatic carbocycles. The highest BCUT2D eigenvalue weighted by Gasteiger charge is 2.29.